The van der Waals surface area contributed by atoms with Crippen molar-refractivity contribution in [1.29, 1.82) is 0 Å². The van der Waals surface area contributed by atoms with Crippen LogP contribution in [0.5, 0.6) is 0 Å². The van der Waals surface area contributed by atoms with Gasteiger partial charge < -0.3 is 61.5 Å². The largest absolute Gasteiger partial charge is 0.483 e. The van der Waals surface area contributed by atoms with E-state index in [-0.39, 0.29) is 69.4 Å². The van der Waals surface area contributed by atoms with E-state index in [4.69, 9.17) is 20.1 Å². The lowest BCUT2D eigenvalue weighted by Gasteiger charge is -2.50. The molecule has 5 fully saturated rings. The standard InChI is InChI=1S/C57H85N13O16/c1-64(2)54-61-45(34-41-17-15-40(16-18-41)33-42-35-69(38-50(78)79)30-29-67(36-48(74)75)27-28-68(37-49(76)77)31-32-70(42,39-51(80)81)57(67,68)69)62-55(63-54)66-25-23-65(24-26-66)22-12-8-6-4-3-5-7-9-14-46(71)58-21-11-10-13-43(52(82)83)59-56(86)60-44(53(84)85)19-20-47(72)73/h15-18,42-44H,3-14,19-39H2,1-2H3,(H6-4,58,59,60,71,72,73,74,75,76,77,78,79,80,81,82,83,84,85,86)/p+4/t42?,43-,44-,57?,67?,68-,69+,70+/m0/s1. The van der Waals surface area contributed by atoms with E-state index in [9.17, 15) is 73.8 Å². The number of nitrogens with one attached hydrogen (secondary N) is 3. The first kappa shape index (κ1) is 66.2. The second kappa shape index (κ2) is 28.9. The van der Waals surface area contributed by atoms with Crippen LogP contribution in [0, 0.1) is 0 Å². The minimum absolute atomic E-state index is 0.0431. The van der Waals surface area contributed by atoms with Crippen LogP contribution in [0.3, 0.4) is 0 Å². The maximum atomic E-state index is 13.1. The molecular weight excluding hydrogens is 1120 g/mol. The number of piperazine rings is 1. The van der Waals surface area contributed by atoms with Gasteiger partial charge in [0.15, 0.2) is 32.2 Å². The summed E-state index contributed by atoms with van der Waals surface area (Å²) in [5.74, 6) is -7.97. The molecule has 0 radical (unpaired) electrons. The van der Waals surface area contributed by atoms with E-state index in [2.05, 4.69) is 25.8 Å². The molecule has 0 saturated carbocycles. The van der Waals surface area contributed by atoms with Gasteiger partial charge in [0.2, 0.25) is 17.8 Å². The van der Waals surface area contributed by atoms with Gasteiger partial charge in [-0.05, 0) is 56.2 Å². The predicted molar refractivity (Wildman–Crippen MR) is 307 cm³/mol. The van der Waals surface area contributed by atoms with E-state index in [0.29, 0.717) is 95.6 Å². The lowest BCUT2D eigenvalue weighted by atomic mass is 10.0. The number of quaternary nitrogens is 4. The summed E-state index contributed by atoms with van der Waals surface area (Å²) in [5, 5.41) is 76.6. The van der Waals surface area contributed by atoms with E-state index in [1.165, 1.54) is 0 Å². The van der Waals surface area contributed by atoms with Gasteiger partial charge >= 0.3 is 53.7 Å². The first-order valence-corrected chi connectivity index (χ1v) is 30.2. The minimum atomic E-state index is -1.49. The van der Waals surface area contributed by atoms with Gasteiger partial charge in [-0.1, -0.05) is 62.8 Å². The van der Waals surface area contributed by atoms with Gasteiger partial charge in [0.05, 0.1) is 0 Å². The molecule has 3 unspecified atom stereocenters. The van der Waals surface area contributed by atoms with Crippen molar-refractivity contribution in [3.8, 4) is 0 Å². The summed E-state index contributed by atoms with van der Waals surface area (Å²) in [7, 11) is 3.78. The quantitative estimate of drug-likeness (QED) is 0.0329. The van der Waals surface area contributed by atoms with Gasteiger partial charge in [0.25, 0.3) is 0 Å². The Morgan fingerprint density at radius 3 is 1.66 bits per heavy atom. The Kier molecular flexibility index (Phi) is 22.2. The molecule has 1 spiro atoms. The average molecular weight is 1210 g/mol. The highest BCUT2D eigenvalue weighted by Crippen LogP contribution is 2.64. The monoisotopic (exact) mass is 1210 g/mol. The molecule has 3 amide bonds. The maximum Gasteiger partial charge on any atom is 0.483 e. The van der Waals surface area contributed by atoms with Crippen molar-refractivity contribution in [3.05, 3.63) is 41.2 Å². The molecule has 2 aromatic rings. The van der Waals surface area contributed by atoms with Crippen molar-refractivity contribution in [2.75, 3.05) is 135 Å². The maximum absolute atomic E-state index is 13.1. The molecule has 29 heteroatoms. The number of benzene rings is 1. The fraction of sp³-hybridized carbons (Fsp3) is 0.684. The molecule has 0 bridgehead atoms. The topological polar surface area (TPSA) is 380 Å². The van der Waals surface area contributed by atoms with Crippen LogP contribution in [-0.4, -0.2) is 277 Å². The molecule has 10 N–H and O–H groups in total. The van der Waals surface area contributed by atoms with Crippen molar-refractivity contribution < 1.29 is 96.8 Å². The zero-order valence-corrected chi connectivity index (χ0v) is 49.7. The van der Waals surface area contributed by atoms with Gasteiger partial charge in [0, 0.05) is 72.5 Å². The Bertz CT molecular complexity index is 2760. The number of urea groups is 1. The summed E-state index contributed by atoms with van der Waals surface area (Å²) >= 11 is 0. The van der Waals surface area contributed by atoms with E-state index in [0.717, 1.165) is 95.2 Å². The molecule has 86 heavy (non-hydrogen) atoms. The zero-order chi connectivity index (χ0) is 62.5. The Morgan fingerprint density at radius 2 is 1.10 bits per heavy atom. The second-order valence-corrected chi connectivity index (χ2v) is 24.5. The molecule has 474 valence electrons. The summed E-state index contributed by atoms with van der Waals surface area (Å²) in [5.41, 5.74) is 1.85. The second-order valence-electron chi connectivity index (χ2n) is 24.5. The zero-order valence-electron chi connectivity index (χ0n) is 49.7. The molecule has 1 aromatic heterocycles. The van der Waals surface area contributed by atoms with Gasteiger partial charge in [-0.25, -0.2) is 33.6 Å². The molecular formula is C57H89N13O16+4. The first-order chi connectivity index (χ1) is 40.9. The Labute approximate surface area is 499 Å². The highest BCUT2D eigenvalue weighted by Gasteiger charge is 3.01. The van der Waals surface area contributed by atoms with Crippen molar-refractivity contribution in [1.82, 2.24) is 35.8 Å². The predicted octanol–water partition coefficient (Wildman–Crippen LogP) is 0.701. The van der Waals surface area contributed by atoms with Crippen LogP contribution in [-0.2, 0) is 51.2 Å². The van der Waals surface area contributed by atoms with Crippen LogP contribution >= 0.6 is 0 Å². The molecule has 7 rings (SSSR count). The smallest absolute Gasteiger partial charge is 0.481 e. The van der Waals surface area contributed by atoms with Crippen LogP contribution in [0.4, 0.5) is 16.7 Å². The van der Waals surface area contributed by atoms with E-state index >= 15 is 0 Å². The number of carbonyl (C=O) groups excluding carboxylic acids is 2. The van der Waals surface area contributed by atoms with Gasteiger partial charge in [-0.15, -0.1) is 17.9 Å². The van der Waals surface area contributed by atoms with Crippen LogP contribution in [0.2, 0.25) is 0 Å². The summed E-state index contributed by atoms with van der Waals surface area (Å²) in [6.45, 7) is 5.34. The summed E-state index contributed by atoms with van der Waals surface area (Å²) in [6, 6.07) is 3.75. The number of unbranched alkanes of at least 4 members (excludes halogenated alkanes) is 8. The van der Waals surface area contributed by atoms with E-state index in [1.54, 1.807) is 0 Å². The third-order valence-corrected chi connectivity index (χ3v) is 18.6. The van der Waals surface area contributed by atoms with Crippen molar-refractivity contribution >= 4 is 65.6 Å². The summed E-state index contributed by atoms with van der Waals surface area (Å²) in [6.07, 6.45) is 9.59. The van der Waals surface area contributed by atoms with Crippen molar-refractivity contribution in [2.24, 2.45) is 0 Å². The molecule has 5 aliphatic heterocycles. The lowest BCUT2D eigenvalue weighted by molar-refractivity contribution is -1.36. The third kappa shape index (κ3) is 15.1. The summed E-state index contributed by atoms with van der Waals surface area (Å²) < 4.78 is -0.218. The highest BCUT2D eigenvalue weighted by molar-refractivity contribution is 5.86. The number of nitrogens with zero attached hydrogens (tertiary/aromatic N) is 10. The number of carboxylic acid groups (broad SMARTS) is 7. The molecule has 8 atom stereocenters. The molecule has 6 heterocycles. The molecule has 5 aliphatic rings. The van der Waals surface area contributed by atoms with E-state index < -0.39 is 78.3 Å². The SMILES string of the molecule is CN(C)c1nc(Cc2ccc(CC3C[N@@+]4(CC(=O)O)CC[N+]5(CC(=O)O)CC[N@@+]6(CC(=O)O)CC[N@+]3(CC(=O)O)C564)cc2)nc(N2CCN(CCCCCCCCCCC(=O)NCCCC[C@H](NC(=O)N[C@@H](CCC(=O)O)C(=O)O)C(=O)O)CC2)n1. The number of hydrogen-bond acceptors (Lipinski definition) is 15. The third-order valence-electron chi connectivity index (χ3n) is 18.6. The average Bonchev–Trinajstić information content (AvgIpc) is 1.44. The van der Waals surface area contributed by atoms with Crippen LogP contribution in [0.15, 0.2) is 24.3 Å². The Balaban J connectivity index is 0.817. The Morgan fingerprint density at radius 1 is 0.581 bits per heavy atom. The fourth-order valence-electron chi connectivity index (χ4n) is 15.3. The minimum Gasteiger partial charge on any atom is -0.481 e. The fourth-order valence-corrected chi connectivity index (χ4v) is 15.3. The Hall–Kier alpha value is -7.34. The molecule has 5 saturated heterocycles. The number of hydrogen-bond donors (Lipinski definition) is 10. The van der Waals surface area contributed by atoms with Crippen molar-refractivity contribution in [3.63, 3.8) is 0 Å². The molecule has 29 nitrogen and oxygen atoms in total. The molecule has 0 aliphatic carbocycles. The van der Waals surface area contributed by atoms with Gasteiger partial charge in [-0.2, -0.15) is 15.0 Å². The number of aromatic nitrogens is 3. The number of carboxylic acids is 7. The lowest BCUT2D eigenvalue weighted by Crippen LogP contribution is -2.86. The normalized spacial score (nSPS) is 25.4. The summed E-state index contributed by atoms with van der Waals surface area (Å²) in [4.78, 5) is 131. The number of anilines is 2. The molecule has 1 aromatic carbocycles. The van der Waals surface area contributed by atoms with Crippen LogP contribution < -0.4 is 25.8 Å². The van der Waals surface area contributed by atoms with E-state index in [1.807, 2.05) is 43.3 Å². The van der Waals surface area contributed by atoms with Gasteiger partial charge in [-0.3, -0.25) is 14.5 Å². The number of amides is 3. The van der Waals surface area contributed by atoms with Crippen molar-refractivity contribution in [2.45, 2.75) is 127 Å². The first-order valence-electron chi connectivity index (χ1n) is 30.2. The number of carbonyl (C=O) groups is 9. The van der Waals surface area contributed by atoms with Gasteiger partial charge in [0.1, 0.15) is 63.7 Å². The van der Waals surface area contributed by atoms with Crippen LogP contribution in [0.1, 0.15) is 107 Å². The highest BCUT2D eigenvalue weighted by atomic mass is 16.4. The number of rotatable bonds is 37. The van der Waals surface area contributed by atoms with Crippen LogP contribution in [0.25, 0.3) is 0 Å². The number of aliphatic carboxylic acids is 7.